The van der Waals surface area contributed by atoms with Gasteiger partial charge in [0, 0.05) is 25.7 Å². The van der Waals surface area contributed by atoms with Crippen molar-refractivity contribution in [3.63, 3.8) is 0 Å². The van der Waals surface area contributed by atoms with Gasteiger partial charge in [-0.15, -0.1) is 0 Å². The lowest BCUT2D eigenvalue weighted by Crippen LogP contribution is -2.40. The van der Waals surface area contributed by atoms with E-state index in [9.17, 15) is 5.11 Å². The van der Waals surface area contributed by atoms with Gasteiger partial charge in [0.1, 0.15) is 0 Å². The van der Waals surface area contributed by atoms with Crippen LogP contribution in [0.25, 0.3) is 0 Å². The average molecular weight is 267 g/mol. The van der Waals surface area contributed by atoms with Crippen molar-refractivity contribution in [1.29, 1.82) is 0 Å². The van der Waals surface area contributed by atoms with Crippen LogP contribution in [0, 0.1) is 6.92 Å². The van der Waals surface area contributed by atoms with Gasteiger partial charge in [0.05, 0.1) is 19.8 Å². The summed E-state index contributed by atoms with van der Waals surface area (Å²) in [4.78, 5) is 0. The van der Waals surface area contributed by atoms with E-state index in [1.165, 1.54) is 5.56 Å². The highest BCUT2D eigenvalue weighted by Crippen LogP contribution is 2.27. The molecule has 0 aromatic heterocycles. The molecule has 1 unspecified atom stereocenters. The fourth-order valence-corrected chi connectivity index (χ4v) is 2.02. The number of aryl methyl sites for hydroxylation is 1. The molecule has 4 nitrogen and oxygen atoms in total. The minimum Gasteiger partial charge on any atom is -0.395 e. The van der Waals surface area contributed by atoms with Crippen molar-refractivity contribution in [2.45, 2.75) is 18.8 Å². The topological polar surface area (TPSA) is 64.7 Å². The molecule has 0 spiro atoms. The van der Waals surface area contributed by atoms with Crippen LogP contribution >= 0.6 is 0 Å². The Hall–Kier alpha value is -0.940. The summed E-state index contributed by atoms with van der Waals surface area (Å²) in [6, 6.07) is 8.16. The van der Waals surface area contributed by atoms with Gasteiger partial charge >= 0.3 is 0 Å². The first-order valence-electron chi connectivity index (χ1n) is 6.63. The van der Waals surface area contributed by atoms with E-state index in [0.29, 0.717) is 32.8 Å². The maximum atomic E-state index is 9.74. The Labute approximate surface area is 115 Å². The zero-order chi connectivity index (χ0) is 14.1. The van der Waals surface area contributed by atoms with Crippen LogP contribution < -0.4 is 5.73 Å². The van der Waals surface area contributed by atoms with Gasteiger partial charge in [0.2, 0.25) is 0 Å². The zero-order valence-corrected chi connectivity index (χ0v) is 11.9. The van der Waals surface area contributed by atoms with E-state index in [2.05, 4.69) is 0 Å². The van der Waals surface area contributed by atoms with Crippen LogP contribution in [0.5, 0.6) is 0 Å². The zero-order valence-electron chi connectivity index (χ0n) is 11.9. The minimum atomic E-state index is -0.416. The fourth-order valence-electron chi connectivity index (χ4n) is 2.02. The third-order valence-corrected chi connectivity index (χ3v) is 3.51. The smallest absolute Gasteiger partial charge is 0.0700 e. The molecule has 0 saturated heterocycles. The molecule has 19 heavy (non-hydrogen) atoms. The van der Waals surface area contributed by atoms with Crippen LogP contribution in [-0.2, 0) is 14.9 Å². The van der Waals surface area contributed by atoms with Crippen molar-refractivity contribution in [3.05, 3.63) is 35.4 Å². The first-order valence-corrected chi connectivity index (χ1v) is 6.63. The second-order valence-corrected chi connectivity index (χ2v) is 4.86. The molecule has 0 radical (unpaired) electrons. The first kappa shape index (κ1) is 16.1. The lowest BCUT2D eigenvalue weighted by Gasteiger charge is -2.31. The van der Waals surface area contributed by atoms with Crippen molar-refractivity contribution >= 4 is 0 Å². The lowest BCUT2D eigenvalue weighted by molar-refractivity contribution is 0.0538. The molecule has 4 heteroatoms. The van der Waals surface area contributed by atoms with Crippen LogP contribution in [-0.4, -0.2) is 45.2 Å². The molecule has 0 fully saturated rings. The van der Waals surface area contributed by atoms with E-state index >= 15 is 0 Å². The number of aliphatic hydroxyl groups is 1. The predicted molar refractivity (Wildman–Crippen MR) is 76.3 cm³/mol. The van der Waals surface area contributed by atoms with E-state index < -0.39 is 5.41 Å². The summed E-state index contributed by atoms with van der Waals surface area (Å²) in [5, 5.41) is 9.74. The highest BCUT2D eigenvalue weighted by molar-refractivity contribution is 5.29. The van der Waals surface area contributed by atoms with Crippen LogP contribution in [0.1, 0.15) is 17.5 Å². The van der Waals surface area contributed by atoms with Crippen molar-refractivity contribution in [2.75, 3.05) is 40.1 Å². The molecular weight excluding hydrogens is 242 g/mol. The summed E-state index contributed by atoms with van der Waals surface area (Å²) in [6.07, 6.45) is 0.701. The molecule has 1 aromatic carbocycles. The molecule has 1 rings (SSSR count). The van der Waals surface area contributed by atoms with Gasteiger partial charge in [-0.25, -0.2) is 0 Å². The molecule has 0 amide bonds. The Morgan fingerprint density at radius 1 is 1.16 bits per heavy atom. The van der Waals surface area contributed by atoms with Gasteiger partial charge in [0.15, 0.2) is 0 Å². The van der Waals surface area contributed by atoms with Crippen molar-refractivity contribution < 1.29 is 14.6 Å². The molecule has 1 aromatic rings. The highest BCUT2D eigenvalue weighted by Gasteiger charge is 2.29. The number of methoxy groups -OCH3 is 1. The third kappa shape index (κ3) is 4.58. The van der Waals surface area contributed by atoms with Crippen molar-refractivity contribution in [3.8, 4) is 0 Å². The van der Waals surface area contributed by atoms with Crippen LogP contribution in [0.2, 0.25) is 0 Å². The number of rotatable bonds is 9. The standard InChI is InChI=1S/C15H25NO3/c1-13-3-5-14(6-4-13)15(11-16,12-17)7-8-19-10-9-18-2/h3-6,17H,7-12,16H2,1-2H3. The molecule has 0 saturated carbocycles. The Balaban J connectivity index is 2.65. The number of aliphatic hydroxyl groups excluding tert-OH is 1. The van der Waals surface area contributed by atoms with Gasteiger partial charge in [0.25, 0.3) is 0 Å². The maximum absolute atomic E-state index is 9.74. The molecular formula is C15H25NO3. The summed E-state index contributed by atoms with van der Waals surface area (Å²) in [6.45, 7) is 4.19. The number of hydrogen-bond donors (Lipinski definition) is 2. The molecule has 0 heterocycles. The van der Waals surface area contributed by atoms with E-state index in [0.717, 1.165) is 5.56 Å². The SMILES string of the molecule is COCCOCCC(CN)(CO)c1ccc(C)cc1. The lowest BCUT2D eigenvalue weighted by atomic mass is 9.78. The quantitative estimate of drug-likeness (QED) is 0.661. The molecule has 108 valence electrons. The predicted octanol–water partition coefficient (Wildman–Crippen LogP) is 1.24. The maximum Gasteiger partial charge on any atom is 0.0700 e. The number of hydrogen-bond acceptors (Lipinski definition) is 4. The Morgan fingerprint density at radius 2 is 1.84 bits per heavy atom. The number of ether oxygens (including phenoxy) is 2. The Kier molecular flexibility index (Phi) is 7.02. The summed E-state index contributed by atoms with van der Waals surface area (Å²) < 4.78 is 10.4. The van der Waals surface area contributed by atoms with E-state index in [4.69, 9.17) is 15.2 Å². The summed E-state index contributed by atoms with van der Waals surface area (Å²) in [5.41, 5.74) is 7.74. The molecule has 0 aliphatic rings. The summed E-state index contributed by atoms with van der Waals surface area (Å²) in [5.74, 6) is 0. The van der Waals surface area contributed by atoms with Crippen LogP contribution in [0.15, 0.2) is 24.3 Å². The average Bonchev–Trinajstić information content (AvgIpc) is 2.45. The highest BCUT2D eigenvalue weighted by atomic mass is 16.5. The van der Waals surface area contributed by atoms with Gasteiger partial charge in [-0.05, 0) is 18.9 Å². The van der Waals surface area contributed by atoms with Gasteiger partial charge in [-0.2, -0.15) is 0 Å². The van der Waals surface area contributed by atoms with Gasteiger partial charge in [-0.3, -0.25) is 0 Å². The molecule has 0 bridgehead atoms. The largest absolute Gasteiger partial charge is 0.395 e. The number of nitrogens with two attached hydrogens (primary N) is 1. The second-order valence-electron chi connectivity index (χ2n) is 4.86. The summed E-state index contributed by atoms with van der Waals surface area (Å²) >= 11 is 0. The minimum absolute atomic E-state index is 0.0280. The van der Waals surface area contributed by atoms with Crippen LogP contribution in [0.3, 0.4) is 0 Å². The van der Waals surface area contributed by atoms with Gasteiger partial charge < -0.3 is 20.3 Å². The van der Waals surface area contributed by atoms with Crippen molar-refractivity contribution in [2.24, 2.45) is 5.73 Å². The molecule has 3 N–H and O–H groups in total. The van der Waals surface area contributed by atoms with Gasteiger partial charge in [-0.1, -0.05) is 29.8 Å². The molecule has 0 aliphatic carbocycles. The van der Waals surface area contributed by atoms with E-state index in [-0.39, 0.29) is 6.61 Å². The molecule has 1 atom stereocenters. The van der Waals surface area contributed by atoms with Crippen LogP contribution in [0.4, 0.5) is 0 Å². The molecule has 0 aliphatic heterocycles. The first-order chi connectivity index (χ1) is 9.18. The Morgan fingerprint density at radius 3 is 2.37 bits per heavy atom. The summed E-state index contributed by atoms with van der Waals surface area (Å²) in [7, 11) is 1.65. The second kappa shape index (κ2) is 8.27. The van der Waals surface area contributed by atoms with E-state index in [1.807, 2.05) is 31.2 Å². The van der Waals surface area contributed by atoms with Crippen molar-refractivity contribution in [1.82, 2.24) is 0 Å². The normalized spacial score (nSPS) is 14.3. The Bertz CT molecular complexity index is 347. The fraction of sp³-hybridized carbons (Fsp3) is 0.600. The van der Waals surface area contributed by atoms with E-state index in [1.54, 1.807) is 7.11 Å². The monoisotopic (exact) mass is 267 g/mol. The number of benzene rings is 1. The third-order valence-electron chi connectivity index (χ3n) is 3.51.